The Morgan fingerprint density at radius 3 is 2.73 bits per heavy atom. The number of β-lactam (4-membered cyclic amide) rings is 1. The fourth-order valence-electron chi connectivity index (χ4n) is 3.85. The van der Waals surface area contributed by atoms with Crippen LogP contribution in [0.1, 0.15) is 13.1 Å². The monoisotopic (exact) mass is 560 g/mol. The summed E-state index contributed by atoms with van der Waals surface area (Å²) < 4.78 is 1.42. The number of aliphatic hydroxyl groups excluding tert-OH is 1. The number of aromatic nitrogens is 4. The molecule has 37 heavy (non-hydrogen) atoms. The molecular formula is C20H25N8NaO6S2. The van der Waals surface area contributed by atoms with Crippen molar-refractivity contribution in [2.75, 3.05) is 24.6 Å². The number of aliphatic hydroxyl groups is 1. The van der Waals surface area contributed by atoms with Crippen LogP contribution in [0.4, 0.5) is 4.79 Å². The second-order valence-electron chi connectivity index (χ2n) is 8.32. The average molecular weight is 561 g/mol. The first kappa shape index (κ1) is 29.2. The number of primary amides is 1. The summed E-state index contributed by atoms with van der Waals surface area (Å²) in [6, 6.07) is 6.84. The number of carboxylic acids is 1. The van der Waals surface area contributed by atoms with Gasteiger partial charge in [0.2, 0.25) is 11.1 Å². The van der Waals surface area contributed by atoms with E-state index in [-0.39, 0.29) is 62.1 Å². The molecule has 0 radical (unpaired) electrons. The maximum atomic E-state index is 12.8. The number of urea groups is 1. The largest absolute Gasteiger partial charge is 1.00 e. The fourth-order valence-corrected chi connectivity index (χ4v) is 6.62. The Morgan fingerprint density at radius 2 is 2.05 bits per heavy atom. The van der Waals surface area contributed by atoms with Crippen LogP contribution in [0.3, 0.4) is 0 Å². The Morgan fingerprint density at radius 1 is 1.32 bits per heavy atom. The SMILES string of the molecule is NC(=O)NCCn1nnnc1SCC1(C(=O)O)CS[C@@H]2C(NC(=O)C(O)c3ccccc3)C(=O)N2C1.[H-].[Na+]. The van der Waals surface area contributed by atoms with Crippen molar-refractivity contribution in [3.8, 4) is 0 Å². The second-order valence-corrected chi connectivity index (χ2v) is 10.4. The van der Waals surface area contributed by atoms with Gasteiger partial charge in [-0.25, -0.2) is 9.48 Å². The summed E-state index contributed by atoms with van der Waals surface area (Å²) in [5.74, 6) is -1.86. The molecule has 2 saturated heterocycles. The van der Waals surface area contributed by atoms with Crippen molar-refractivity contribution in [1.29, 1.82) is 0 Å². The number of rotatable bonds is 10. The van der Waals surface area contributed by atoms with Crippen molar-refractivity contribution >= 4 is 47.3 Å². The molecule has 0 bridgehead atoms. The van der Waals surface area contributed by atoms with Crippen LogP contribution in [0, 0.1) is 5.41 Å². The van der Waals surface area contributed by atoms with Gasteiger partial charge in [-0.1, -0.05) is 42.1 Å². The average Bonchev–Trinajstić information content (AvgIpc) is 3.32. The number of hydrogen-bond acceptors (Lipinski definition) is 10. The summed E-state index contributed by atoms with van der Waals surface area (Å²) in [6.45, 7) is 0.407. The fraction of sp³-hybridized carbons (Fsp3) is 0.450. The molecule has 14 nitrogen and oxygen atoms in total. The Labute approximate surface area is 243 Å². The van der Waals surface area contributed by atoms with E-state index >= 15 is 0 Å². The van der Waals surface area contributed by atoms with Crippen molar-refractivity contribution < 1.29 is 60.4 Å². The molecule has 2 fully saturated rings. The zero-order valence-electron chi connectivity index (χ0n) is 20.8. The van der Waals surface area contributed by atoms with Gasteiger partial charge in [0, 0.05) is 24.6 Å². The molecule has 4 atom stereocenters. The molecule has 0 saturated carbocycles. The van der Waals surface area contributed by atoms with Crippen molar-refractivity contribution in [1.82, 2.24) is 35.7 Å². The van der Waals surface area contributed by atoms with E-state index in [1.165, 1.54) is 21.3 Å². The van der Waals surface area contributed by atoms with E-state index < -0.39 is 46.7 Å². The Kier molecular flexibility index (Phi) is 9.82. The second kappa shape index (κ2) is 12.4. The number of nitrogens with one attached hydrogen (secondary N) is 2. The number of carbonyl (C=O) groups excluding carboxylic acids is 3. The standard InChI is InChI=1S/C20H24N8O6S2.Na.H/c21-18(34)22-6-7-28-19(24-25-26-28)36-10-20(17(32)33)8-27-15(31)12(16(27)35-9-20)23-14(30)13(29)11-4-2-1-3-5-11;;/h1-5,12-13,16,29H,6-10H2,(H,23,30)(H,32,33)(H3,21,22,34);;/q;+1;-1/t12?,13?,16-,20?;;/m1../s1. The number of carboxylic acid groups (broad SMARTS) is 1. The Bertz CT molecular complexity index is 1160. The summed E-state index contributed by atoms with van der Waals surface area (Å²) in [4.78, 5) is 49.8. The summed E-state index contributed by atoms with van der Waals surface area (Å²) in [5.41, 5.74) is 4.19. The van der Waals surface area contributed by atoms with E-state index in [0.717, 1.165) is 11.8 Å². The third kappa shape index (κ3) is 6.38. The minimum Gasteiger partial charge on any atom is -1.00 e. The van der Waals surface area contributed by atoms with Gasteiger partial charge >= 0.3 is 41.6 Å². The molecule has 3 heterocycles. The number of carbonyl (C=O) groups is 4. The van der Waals surface area contributed by atoms with E-state index in [1.54, 1.807) is 30.3 Å². The summed E-state index contributed by atoms with van der Waals surface area (Å²) in [6.07, 6.45) is -1.42. The van der Waals surface area contributed by atoms with Crippen molar-refractivity contribution in [3.05, 3.63) is 35.9 Å². The van der Waals surface area contributed by atoms with Gasteiger partial charge in [0.1, 0.15) is 16.8 Å². The smallest absolute Gasteiger partial charge is 1.00 e. The minimum atomic E-state index is -1.42. The van der Waals surface area contributed by atoms with E-state index in [0.29, 0.717) is 10.7 Å². The number of benzene rings is 1. The Balaban J connectivity index is 0.00000253. The van der Waals surface area contributed by atoms with Gasteiger partial charge in [0.05, 0.1) is 6.54 Å². The number of aliphatic carboxylic acids is 1. The molecule has 1 aromatic heterocycles. The van der Waals surface area contributed by atoms with Crippen LogP contribution in [0.15, 0.2) is 35.5 Å². The van der Waals surface area contributed by atoms with Crippen LogP contribution in [-0.2, 0) is 20.9 Å². The molecule has 6 N–H and O–H groups in total. The summed E-state index contributed by atoms with van der Waals surface area (Å²) >= 11 is 2.40. The zero-order valence-corrected chi connectivity index (χ0v) is 23.4. The third-order valence-electron chi connectivity index (χ3n) is 5.86. The third-order valence-corrected chi connectivity index (χ3v) is 8.69. The number of tetrazole rings is 1. The van der Waals surface area contributed by atoms with E-state index in [2.05, 4.69) is 26.2 Å². The molecule has 3 unspecified atom stereocenters. The van der Waals surface area contributed by atoms with Crippen LogP contribution in [-0.4, -0.2) is 95.1 Å². The number of amides is 4. The van der Waals surface area contributed by atoms with Crippen LogP contribution >= 0.6 is 23.5 Å². The quantitative estimate of drug-likeness (QED) is 0.107. The predicted octanol–water partition coefficient (Wildman–Crippen LogP) is -4.25. The maximum absolute atomic E-state index is 12.8. The topological polar surface area (TPSA) is 206 Å². The molecule has 4 rings (SSSR count). The summed E-state index contributed by atoms with van der Waals surface area (Å²) in [5, 5.41) is 36.6. The molecule has 194 valence electrons. The minimum absolute atomic E-state index is 0. The number of hydrogen-bond donors (Lipinski definition) is 5. The molecule has 4 amide bonds. The number of fused-ring (bicyclic) bond motifs is 1. The molecule has 0 spiro atoms. The van der Waals surface area contributed by atoms with Crippen molar-refractivity contribution in [2.45, 2.75) is 29.2 Å². The van der Waals surface area contributed by atoms with Gasteiger partial charge in [-0.15, -0.1) is 16.9 Å². The van der Waals surface area contributed by atoms with Crippen molar-refractivity contribution in [3.63, 3.8) is 0 Å². The predicted molar refractivity (Wildman–Crippen MR) is 129 cm³/mol. The summed E-state index contributed by atoms with van der Waals surface area (Å²) in [7, 11) is 0. The molecule has 2 aliphatic rings. The molecule has 2 aromatic rings. The first-order valence-electron chi connectivity index (χ1n) is 10.8. The van der Waals surface area contributed by atoms with Crippen LogP contribution < -0.4 is 45.9 Å². The first-order chi connectivity index (χ1) is 17.2. The van der Waals surface area contributed by atoms with Gasteiger partial charge in [-0.3, -0.25) is 14.4 Å². The normalized spacial score (nSPS) is 23.2. The van der Waals surface area contributed by atoms with E-state index in [1.807, 2.05) is 0 Å². The Hall–Kier alpha value is -2.37. The van der Waals surface area contributed by atoms with Crippen molar-refractivity contribution in [2.24, 2.45) is 11.1 Å². The van der Waals surface area contributed by atoms with Gasteiger partial charge < -0.3 is 32.9 Å². The molecule has 1 aromatic carbocycles. The molecule has 0 aliphatic carbocycles. The van der Waals surface area contributed by atoms with Gasteiger partial charge in [-0.2, -0.15) is 0 Å². The molecular weight excluding hydrogens is 535 g/mol. The maximum Gasteiger partial charge on any atom is 1.00 e. The van der Waals surface area contributed by atoms with Crippen LogP contribution in [0.5, 0.6) is 0 Å². The number of nitrogens with two attached hydrogens (primary N) is 1. The van der Waals surface area contributed by atoms with Crippen LogP contribution in [0.2, 0.25) is 0 Å². The van der Waals surface area contributed by atoms with E-state index in [9.17, 15) is 29.4 Å². The van der Waals surface area contributed by atoms with Gasteiger partial charge in [-0.05, 0) is 16.0 Å². The number of thioether (sulfide) groups is 2. The molecule has 17 heteroatoms. The first-order valence-corrected chi connectivity index (χ1v) is 12.9. The van der Waals surface area contributed by atoms with Gasteiger partial charge in [0.25, 0.3) is 5.91 Å². The number of nitrogens with zero attached hydrogens (tertiary/aromatic N) is 5. The van der Waals surface area contributed by atoms with E-state index in [4.69, 9.17) is 5.73 Å². The van der Waals surface area contributed by atoms with Gasteiger partial charge in [0.15, 0.2) is 6.10 Å². The molecule has 2 aliphatic heterocycles. The zero-order chi connectivity index (χ0) is 25.9. The van der Waals surface area contributed by atoms with Crippen LogP contribution in [0.25, 0.3) is 0 Å².